The Morgan fingerprint density at radius 1 is 1.55 bits per heavy atom. The largest absolute Gasteiger partial charge is 0.495 e. The highest BCUT2D eigenvalue weighted by molar-refractivity contribution is 5.96. The molecule has 0 spiro atoms. The first-order valence-electron chi connectivity index (χ1n) is 6.31. The van der Waals surface area contributed by atoms with E-state index in [4.69, 9.17) is 14.7 Å². The molecule has 0 aromatic carbocycles. The van der Waals surface area contributed by atoms with Crippen molar-refractivity contribution in [3.63, 3.8) is 0 Å². The van der Waals surface area contributed by atoms with Gasteiger partial charge in [-0.2, -0.15) is 10.4 Å². The molecule has 0 radical (unpaired) electrons. The molecule has 112 valence electrons. The molecule has 22 heavy (non-hydrogen) atoms. The Morgan fingerprint density at radius 3 is 2.91 bits per heavy atom. The summed E-state index contributed by atoms with van der Waals surface area (Å²) >= 11 is 0. The summed E-state index contributed by atoms with van der Waals surface area (Å²) in [4.78, 5) is 26.9. The highest BCUT2D eigenvalue weighted by Crippen LogP contribution is 2.20. The summed E-state index contributed by atoms with van der Waals surface area (Å²) in [6.45, 7) is 1.83. The second-order valence-electron chi connectivity index (χ2n) is 4.07. The summed E-state index contributed by atoms with van der Waals surface area (Å²) in [6.07, 6.45) is 3.18. The van der Waals surface area contributed by atoms with Crippen LogP contribution in [0.4, 0.5) is 0 Å². The number of pyridine rings is 1. The van der Waals surface area contributed by atoms with Gasteiger partial charge in [-0.1, -0.05) is 0 Å². The molecule has 2 aromatic rings. The Labute approximate surface area is 125 Å². The minimum absolute atomic E-state index is 0.0866. The summed E-state index contributed by atoms with van der Waals surface area (Å²) in [5, 5.41) is 12.9. The molecule has 2 aromatic heterocycles. The molecule has 0 atom stereocenters. The molecule has 8 heteroatoms. The van der Waals surface area contributed by atoms with Crippen molar-refractivity contribution in [2.75, 3.05) is 13.7 Å². The zero-order valence-corrected chi connectivity index (χ0v) is 11.9. The van der Waals surface area contributed by atoms with Crippen LogP contribution < -0.4 is 4.74 Å². The first-order valence-corrected chi connectivity index (χ1v) is 6.31. The first-order chi connectivity index (χ1) is 10.6. The molecule has 2 heterocycles. The minimum atomic E-state index is -0.691. The molecule has 0 amide bonds. The lowest BCUT2D eigenvalue weighted by molar-refractivity contribution is 0.0517. The van der Waals surface area contributed by atoms with E-state index in [0.717, 1.165) is 0 Å². The van der Waals surface area contributed by atoms with E-state index in [1.54, 1.807) is 6.92 Å². The predicted molar refractivity (Wildman–Crippen MR) is 74.0 cm³/mol. The number of hydrogen-bond acceptors (Lipinski definition) is 7. The molecular weight excluding hydrogens is 288 g/mol. The van der Waals surface area contributed by atoms with Gasteiger partial charge < -0.3 is 9.47 Å². The van der Waals surface area contributed by atoms with Crippen LogP contribution in [0.5, 0.6) is 5.75 Å². The van der Waals surface area contributed by atoms with Crippen LogP contribution in [0.25, 0.3) is 5.82 Å². The molecule has 0 saturated heterocycles. The van der Waals surface area contributed by atoms with Crippen LogP contribution in [0.2, 0.25) is 0 Å². The topological polar surface area (TPSA) is 107 Å². The summed E-state index contributed by atoms with van der Waals surface area (Å²) < 4.78 is 11.2. The van der Waals surface area contributed by atoms with Gasteiger partial charge in [0.05, 0.1) is 25.5 Å². The number of esters is 1. The molecule has 0 aliphatic rings. The van der Waals surface area contributed by atoms with Gasteiger partial charge in [0, 0.05) is 12.3 Å². The number of methoxy groups -OCH3 is 1. The molecule has 0 fully saturated rings. The smallest absolute Gasteiger partial charge is 0.359 e. The van der Waals surface area contributed by atoms with Gasteiger partial charge in [0.1, 0.15) is 17.4 Å². The maximum Gasteiger partial charge on any atom is 0.359 e. The third-order valence-corrected chi connectivity index (χ3v) is 2.76. The van der Waals surface area contributed by atoms with E-state index in [-0.39, 0.29) is 23.4 Å². The zero-order valence-electron chi connectivity index (χ0n) is 11.9. The number of hydrogen-bond donors (Lipinski definition) is 0. The van der Waals surface area contributed by atoms with Crippen molar-refractivity contribution in [1.29, 1.82) is 5.26 Å². The van der Waals surface area contributed by atoms with Crippen molar-refractivity contribution in [2.24, 2.45) is 0 Å². The van der Waals surface area contributed by atoms with E-state index in [9.17, 15) is 9.59 Å². The second-order valence-corrected chi connectivity index (χ2v) is 4.07. The number of carbonyl (C=O) groups is 2. The maximum atomic E-state index is 11.7. The van der Waals surface area contributed by atoms with Crippen molar-refractivity contribution in [1.82, 2.24) is 14.8 Å². The van der Waals surface area contributed by atoms with Gasteiger partial charge >= 0.3 is 5.97 Å². The van der Waals surface area contributed by atoms with Crippen molar-refractivity contribution in [2.45, 2.75) is 6.92 Å². The lowest BCUT2D eigenvalue weighted by Crippen LogP contribution is -2.09. The molecule has 0 saturated carbocycles. The molecule has 8 nitrogen and oxygen atoms in total. The number of ether oxygens (including phenoxy) is 2. The lowest BCUT2D eigenvalue weighted by Gasteiger charge is -2.05. The molecule has 0 bridgehead atoms. The normalized spacial score (nSPS) is 9.86. The van der Waals surface area contributed by atoms with Gasteiger partial charge in [0.15, 0.2) is 17.8 Å². The quantitative estimate of drug-likeness (QED) is 0.601. The van der Waals surface area contributed by atoms with Crippen LogP contribution in [-0.2, 0) is 4.74 Å². The van der Waals surface area contributed by atoms with Crippen LogP contribution in [-0.4, -0.2) is 40.7 Å². The van der Waals surface area contributed by atoms with E-state index >= 15 is 0 Å². The maximum absolute atomic E-state index is 11.7. The van der Waals surface area contributed by atoms with Gasteiger partial charge in [0.25, 0.3) is 0 Å². The fourth-order valence-electron chi connectivity index (χ4n) is 1.75. The average Bonchev–Trinajstić information content (AvgIpc) is 2.98. The number of carbonyl (C=O) groups excluding carboxylic acids is 2. The second kappa shape index (κ2) is 6.49. The Kier molecular flexibility index (Phi) is 4.48. The van der Waals surface area contributed by atoms with Crippen molar-refractivity contribution < 1.29 is 19.1 Å². The predicted octanol–water partition coefficient (Wildman–Crippen LogP) is 1.14. The zero-order chi connectivity index (χ0) is 16.1. The number of aldehydes is 1. The Bertz CT molecular complexity index is 761. The average molecular weight is 300 g/mol. The summed E-state index contributed by atoms with van der Waals surface area (Å²) in [5.74, 6) is -0.0770. The standard InChI is InChI=1S/C14H12N4O4/c1-3-22-14(20)13-10(8-19)7-18(17-13)12-4-11(21-2)9(5-15)6-16-12/h4,6-8H,3H2,1-2H3. The Morgan fingerprint density at radius 2 is 2.32 bits per heavy atom. The van der Waals surface area contributed by atoms with Crippen LogP contribution >= 0.6 is 0 Å². The van der Waals surface area contributed by atoms with Crippen molar-refractivity contribution in [3.8, 4) is 17.6 Å². The third-order valence-electron chi connectivity index (χ3n) is 2.76. The third kappa shape index (κ3) is 2.78. The van der Waals surface area contributed by atoms with Gasteiger partial charge in [-0.05, 0) is 6.92 Å². The fourth-order valence-corrected chi connectivity index (χ4v) is 1.75. The molecule has 0 unspecified atom stereocenters. The van der Waals surface area contributed by atoms with Gasteiger partial charge in [0.2, 0.25) is 0 Å². The van der Waals surface area contributed by atoms with E-state index in [1.807, 2.05) is 6.07 Å². The Hall–Kier alpha value is -3.21. The minimum Gasteiger partial charge on any atom is -0.495 e. The summed E-state index contributed by atoms with van der Waals surface area (Å²) in [7, 11) is 1.42. The van der Waals surface area contributed by atoms with E-state index in [1.165, 1.54) is 30.3 Å². The molecular formula is C14H12N4O4. The molecule has 0 aliphatic carbocycles. The van der Waals surface area contributed by atoms with Crippen LogP contribution in [0.3, 0.4) is 0 Å². The fraction of sp³-hybridized carbons (Fsp3) is 0.214. The van der Waals surface area contributed by atoms with Crippen LogP contribution in [0, 0.1) is 11.3 Å². The van der Waals surface area contributed by atoms with E-state index < -0.39 is 5.97 Å². The number of rotatable bonds is 5. The monoisotopic (exact) mass is 300 g/mol. The SMILES string of the molecule is CCOC(=O)c1nn(-c2cc(OC)c(C#N)cn2)cc1C=O. The first kappa shape index (κ1) is 15.2. The highest BCUT2D eigenvalue weighted by atomic mass is 16.5. The Balaban J connectivity index is 2.48. The summed E-state index contributed by atoms with van der Waals surface area (Å²) in [6, 6.07) is 3.42. The van der Waals surface area contributed by atoms with Crippen molar-refractivity contribution >= 4 is 12.3 Å². The van der Waals surface area contributed by atoms with Gasteiger partial charge in [-0.25, -0.2) is 14.5 Å². The van der Waals surface area contributed by atoms with Crippen LogP contribution in [0.15, 0.2) is 18.5 Å². The number of aromatic nitrogens is 3. The van der Waals surface area contributed by atoms with Crippen molar-refractivity contribution in [3.05, 3.63) is 35.3 Å². The molecule has 2 rings (SSSR count). The number of nitriles is 1. The molecule has 0 N–H and O–H groups in total. The summed E-state index contributed by atoms with van der Waals surface area (Å²) in [5.41, 5.74) is 0.255. The van der Waals surface area contributed by atoms with E-state index in [0.29, 0.717) is 17.9 Å². The van der Waals surface area contributed by atoms with Gasteiger partial charge in [-0.15, -0.1) is 0 Å². The van der Waals surface area contributed by atoms with E-state index in [2.05, 4.69) is 10.1 Å². The highest BCUT2D eigenvalue weighted by Gasteiger charge is 2.19. The lowest BCUT2D eigenvalue weighted by atomic mass is 10.2. The van der Waals surface area contributed by atoms with Crippen LogP contribution in [0.1, 0.15) is 33.3 Å². The molecule has 0 aliphatic heterocycles. The van der Waals surface area contributed by atoms with Gasteiger partial charge in [-0.3, -0.25) is 4.79 Å². The number of nitrogens with zero attached hydrogens (tertiary/aromatic N) is 4.